The van der Waals surface area contributed by atoms with Crippen molar-refractivity contribution in [1.29, 1.82) is 0 Å². The highest BCUT2D eigenvalue weighted by Crippen LogP contribution is 2.42. The van der Waals surface area contributed by atoms with Crippen LogP contribution in [-0.2, 0) is 23.9 Å². The first-order valence-electron chi connectivity index (χ1n) is 24.1. The van der Waals surface area contributed by atoms with Crippen LogP contribution < -0.4 is 26.4 Å². The Kier molecular flexibility index (Phi) is 22.4. The molecule has 1 aliphatic carbocycles. The maximum Gasteiger partial charge on any atom is 0.335 e. The van der Waals surface area contributed by atoms with E-state index in [2.05, 4.69) is 65.7 Å². The molecule has 0 bridgehead atoms. The molecule has 376 valence electrons. The number of aliphatic imine (C=N–C) groups is 1. The minimum Gasteiger partial charge on any atom is -0.484 e. The molecule has 3 unspecified atom stereocenters. The molecule has 14 nitrogen and oxygen atoms in total. The highest BCUT2D eigenvalue weighted by molar-refractivity contribution is 7.99. The van der Waals surface area contributed by atoms with E-state index in [9.17, 15) is 29.1 Å². The monoisotopic (exact) mass is 996 g/mol. The number of aldehydes is 2. The third kappa shape index (κ3) is 15.2. The number of carbonyl (C=O) groups excluding carboxylic acids is 4. The number of carboxylic acid groups (broad SMARTS) is 1. The number of fused-ring (bicyclic) bond motifs is 1. The van der Waals surface area contributed by atoms with Gasteiger partial charge in [0.2, 0.25) is 5.91 Å². The summed E-state index contributed by atoms with van der Waals surface area (Å²) in [6.45, 7) is 10.5. The predicted molar refractivity (Wildman–Crippen MR) is 284 cm³/mol. The van der Waals surface area contributed by atoms with E-state index in [1.807, 2.05) is 61.2 Å². The molecule has 3 aliphatic rings. The lowest BCUT2D eigenvalue weighted by atomic mass is 9.85. The van der Waals surface area contributed by atoms with Crippen molar-refractivity contribution in [3.05, 3.63) is 111 Å². The van der Waals surface area contributed by atoms with Crippen molar-refractivity contribution < 1.29 is 38.9 Å². The average molecular weight is 998 g/mol. The van der Waals surface area contributed by atoms with Crippen LogP contribution in [0, 0.1) is 5.92 Å². The molecule has 0 saturated carbocycles. The number of aliphatic hydroxyl groups excluding tert-OH is 1. The number of anilines is 2. The number of benzene rings is 3. The van der Waals surface area contributed by atoms with E-state index >= 15 is 0 Å². The molecule has 6 N–H and O–H groups in total. The molecule has 3 aromatic rings. The van der Waals surface area contributed by atoms with Gasteiger partial charge < -0.3 is 35.7 Å². The Bertz CT molecular complexity index is 2480. The van der Waals surface area contributed by atoms with E-state index in [1.165, 1.54) is 28.6 Å². The molecule has 0 saturated heterocycles. The maximum absolute atomic E-state index is 13.5. The van der Waals surface area contributed by atoms with Gasteiger partial charge in [-0.2, -0.15) is 11.8 Å². The minimum absolute atomic E-state index is 0.0286. The molecule has 2 heterocycles. The van der Waals surface area contributed by atoms with Gasteiger partial charge in [-0.05, 0) is 136 Å². The zero-order chi connectivity index (χ0) is 50.6. The molecule has 3 atom stereocenters. The molecule has 2 aliphatic heterocycles. The van der Waals surface area contributed by atoms with Crippen molar-refractivity contribution in [3.8, 4) is 0 Å². The number of allylic oxidation sites excluding steroid dienone is 5. The fraction of sp³-hybridized carbons (Fsp3) is 0.444. The molecular formula is C54H69ClN6O8S. The fourth-order valence-electron chi connectivity index (χ4n) is 8.91. The number of nitrogens with one attached hydrogen (secondary N) is 4. The van der Waals surface area contributed by atoms with E-state index in [4.69, 9.17) is 26.4 Å². The van der Waals surface area contributed by atoms with Gasteiger partial charge in [-0.3, -0.25) is 24.8 Å². The SMILES string of the molecule is C/C(C(=O)O)=C(OCC=O)\C(Cl)=C(/C)c1cccc(NC(CCNC(C)C)CSCC2=CC=C3C=NCCC(c4ccc5c6c(cccc46)C(=O)N5NC(=O)CCCC=O)CCNCCC3C2)c1.CO. The van der Waals surface area contributed by atoms with Crippen molar-refractivity contribution in [1.82, 2.24) is 16.1 Å². The third-order valence-electron chi connectivity index (χ3n) is 12.6. The van der Waals surface area contributed by atoms with E-state index in [0.717, 1.165) is 98.7 Å². The zero-order valence-corrected chi connectivity index (χ0v) is 42.6. The lowest BCUT2D eigenvalue weighted by Gasteiger charge is -2.26. The Balaban J connectivity index is 0.00000450. The number of amides is 2. The van der Waals surface area contributed by atoms with Crippen LogP contribution in [0.1, 0.15) is 106 Å². The maximum atomic E-state index is 13.5. The third-order valence-corrected chi connectivity index (χ3v) is 14.3. The molecular weight excluding hydrogens is 928 g/mol. The number of hydrogen-bond donors (Lipinski definition) is 6. The number of aliphatic carboxylic acids is 1. The van der Waals surface area contributed by atoms with Crippen molar-refractivity contribution >= 4 is 87.7 Å². The second-order valence-corrected chi connectivity index (χ2v) is 19.3. The minimum atomic E-state index is -1.18. The van der Waals surface area contributed by atoms with Crippen molar-refractivity contribution in [2.45, 2.75) is 97.1 Å². The standard InChI is InChI=1S/C53H65ClN6O7S.CH4O/c1-34(2)57-25-21-43(58-42-10-7-9-39(30-42)35(3)50(54)51(67-28-27-62)36(4)53(65)66)33-68-32-37-14-15-41-31-56-24-19-38(18-22-55-23-20-40(41)29-37)44-16-17-47-49-45(44)11-8-12-46(49)52(64)60(47)59-48(63)13-5-6-26-61;1-2/h7-12,14-17,26-27,30-31,34,38,40,43,55,57-58H,5-6,13,18-25,28-29,32-33H2,1-4H3,(H,59,63)(H,65,66);2H,1H3/b50-35-,51-36-,56-31?;. The number of carbonyl (C=O) groups is 5. The van der Waals surface area contributed by atoms with Crippen LogP contribution in [0.15, 0.2) is 99.3 Å². The van der Waals surface area contributed by atoms with Gasteiger partial charge in [0.1, 0.15) is 18.7 Å². The van der Waals surface area contributed by atoms with Crippen LogP contribution in [0.2, 0.25) is 0 Å². The number of hydrazine groups is 1. The Labute approximate surface area is 421 Å². The zero-order valence-electron chi connectivity index (χ0n) is 41.0. The first kappa shape index (κ1) is 55.3. The number of rotatable bonds is 22. The van der Waals surface area contributed by atoms with Crippen molar-refractivity contribution in [2.24, 2.45) is 10.9 Å². The number of aliphatic hydroxyl groups is 1. The van der Waals surface area contributed by atoms with Crippen LogP contribution in [0.4, 0.5) is 11.4 Å². The van der Waals surface area contributed by atoms with Gasteiger partial charge in [-0.15, -0.1) is 0 Å². The summed E-state index contributed by atoms with van der Waals surface area (Å²) in [5.74, 6) is 0.642. The highest BCUT2D eigenvalue weighted by Gasteiger charge is 2.33. The highest BCUT2D eigenvalue weighted by atomic mass is 35.5. The number of ether oxygens (including phenoxy) is 1. The van der Waals surface area contributed by atoms with Crippen LogP contribution in [0.5, 0.6) is 0 Å². The van der Waals surface area contributed by atoms with Crippen LogP contribution in [0.3, 0.4) is 0 Å². The fourth-order valence-corrected chi connectivity index (χ4v) is 10.3. The first-order chi connectivity index (χ1) is 33.9. The smallest absolute Gasteiger partial charge is 0.335 e. The lowest BCUT2D eigenvalue weighted by Crippen LogP contribution is -2.44. The number of unbranched alkanes of at least 4 members (excludes halogenated alkanes) is 1. The number of nitrogens with zero attached hydrogens (tertiary/aromatic N) is 2. The largest absolute Gasteiger partial charge is 0.484 e. The molecule has 0 aromatic heterocycles. The summed E-state index contributed by atoms with van der Waals surface area (Å²) in [6, 6.07) is 18.3. The average Bonchev–Trinajstić information content (AvgIpc) is 3.62. The molecule has 0 spiro atoms. The second kappa shape index (κ2) is 28.3. The van der Waals surface area contributed by atoms with Gasteiger partial charge in [0.15, 0.2) is 6.29 Å². The Morgan fingerprint density at radius 2 is 1.79 bits per heavy atom. The van der Waals surface area contributed by atoms with Crippen LogP contribution in [-0.4, -0.2) is 110 Å². The molecule has 0 fully saturated rings. The summed E-state index contributed by atoms with van der Waals surface area (Å²) in [5, 5.41) is 31.0. The normalized spacial score (nSPS) is 18.1. The Morgan fingerprint density at radius 1 is 1.01 bits per heavy atom. The molecule has 2 amide bonds. The van der Waals surface area contributed by atoms with Crippen LogP contribution >= 0.6 is 23.4 Å². The quantitative estimate of drug-likeness (QED) is 0.0184. The summed E-state index contributed by atoms with van der Waals surface area (Å²) < 4.78 is 5.46. The number of hydrogen-bond acceptors (Lipinski definition) is 12. The summed E-state index contributed by atoms with van der Waals surface area (Å²) in [6.07, 6.45) is 13.5. The number of thioether (sulfide) groups is 1. The van der Waals surface area contributed by atoms with E-state index in [1.54, 1.807) is 0 Å². The summed E-state index contributed by atoms with van der Waals surface area (Å²) in [7, 11) is 1.00. The molecule has 6 rings (SSSR count). The van der Waals surface area contributed by atoms with Gasteiger partial charge in [0.25, 0.3) is 5.91 Å². The summed E-state index contributed by atoms with van der Waals surface area (Å²) in [5.41, 5.74) is 10.2. The van der Waals surface area contributed by atoms with E-state index < -0.39 is 5.97 Å². The van der Waals surface area contributed by atoms with Gasteiger partial charge in [-0.25, -0.2) is 9.80 Å². The number of halogens is 1. The summed E-state index contributed by atoms with van der Waals surface area (Å²) in [4.78, 5) is 64.7. The second-order valence-electron chi connectivity index (χ2n) is 17.9. The van der Waals surface area contributed by atoms with E-state index in [-0.39, 0.29) is 53.2 Å². The topological polar surface area (TPSA) is 199 Å². The summed E-state index contributed by atoms with van der Waals surface area (Å²) >= 11 is 8.64. The number of carboxylic acids is 1. The van der Waals surface area contributed by atoms with Gasteiger partial charge in [0.05, 0.1) is 21.9 Å². The van der Waals surface area contributed by atoms with Crippen LogP contribution in [0.25, 0.3) is 16.3 Å². The van der Waals surface area contributed by atoms with Crippen molar-refractivity contribution in [2.75, 3.05) is 61.7 Å². The molecule has 70 heavy (non-hydrogen) atoms. The van der Waals surface area contributed by atoms with E-state index in [0.29, 0.717) is 54.5 Å². The Hall–Kier alpha value is -5.58. The Morgan fingerprint density at radius 3 is 2.53 bits per heavy atom. The van der Waals surface area contributed by atoms with Gasteiger partial charge in [-0.1, -0.05) is 73.5 Å². The molecule has 16 heteroatoms. The van der Waals surface area contributed by atoms with Gasteiger partial charge >= 0.3 is 5.97 Å². The molecule has 0 radical (unpaired) electrons. The van der Waals surface area contributed by atoms with Gasteiger partial charge in [0, 0.05) is 67.4 Å². The molecule has 3 aromatic carbocycles. The first-order valence-corrected chi connectivity index (χ1v) is 25.7. The predicted octanol–water partition coefficient (Wildman–Crippen LogP) is 8.76. The van der Waals surface area contributed by atoms with Crippen molar-refractivity contribution in [3.63, 3.8) is 0 Å². The lowest BCUT2D eigenvalue weighted by molar-refractivity contribution is -0.133.